The number of aliphatic imine (C=N–C) groups is 1. The van der Waals surface area contributed by atoms with Crippen LogP contribution in [0.25, 0.3) is 0 Å². The van der Waals surface area contributed by atoms with Crippen LogP contribution >= 0.6 is 0 Å². The smallest absolute Gasteiger partial charge is 0.245 e. The summed E-state index contributed by atoms with van der Waals surface area (Å²) in [4.78, 5) is 96.2. The Morgan fingerprint density at radius 3 is 1.46 bits per heavy atom. The number of nitrogens with one attached hydrogen (secondary N) is 7. The minimum absolute atomic E-state index is 0.0946. The largest absolute Gasteiger partial charge is 0.391 e. The quantitative estimate of drug-likeness (QED) is 0.0308. The van der Waals surface area contributed by atoms with E-state index in [1.165, 1.54) is 13.8 Å². The van der Waals surface area contributed by atoms with Crippen LogP contribution in [-0.2, 0) is 33.6 Å². The SMILES string of the molecule is CCC[C@H](NC(=O)[C@@H](NC(=O)[C@H](NC(=O)[C@@H](NC(C)=O)C(C)C)[C@@H](C)CC)[C@@H](C)O)C(=O)N[C@H](C(=O)N[C@@H](CCCN=C(N)N)C(=O)NCC)[C@@H](C)CC. The molecule has 0 spiro atoms. The fraction of sp³-hybridized carbons (Fsp3) is 0.778. The molecule has 0 saturated heterocycles. The molecule has 12 N–H and O–H groups in total. The Hall–Kier alpha value is -4.48. The first-order valence-corrected chi connectivity index (χ1v) is 19.1. The van der Waals surface area contributed by atoms with Crippen molar-refractivity contribution in [1.29, 1.82) is 0 Å². The Morgan fingerprint density at radius 2 is 1.04 bits per heavy atom. The van der Waals surface area contributed by atoms with E-state index in [2.05, 4.69) is 42.2 Å². The molecule has 0 aromatic heterocycles. The molecule has 0 fully saturated rings. The first-order valence-electron chi connectivity index (χ1n) is 19.1. The number of hydrogen-bond donors (Lipinski definition) is 10. The van der Waals surface area contributed by atoms with Gasteiger partial charge in [0.2, 0.25) is 41.4 Å². The van der Waals surface area contributed by atoms with Gasteiger partial charge in [-0.1, -0.05) is 67.7 Å². The van der Waals surface area contributed by atoms with Gasteiger partial charge < -0.3 is 53.8 Å². The van der Waals surface area contributed by atoms with E-state index in [9.17, 15) is 38.7 Å². The second kappa shape index (κ2) is 25.5. The number of carbonyl (C=O) groups is 7. The van der Waals surface area contributed by atoms with Gasteiger partial charge in [-0.2, -0.15) is 0 Å². The number of hydrogen-bond acceptors (Lipinski definition) is 9. The van der Waals surface area contributed by atoms with Crippen LogP contribution in [0.4, 0.5) is 0 Å². The third kappa shape index (κ3) is 17.6. The normalized spacial score (nSPS) is 16.1. The Bertz CT molecular complexity index is 1270. The maximum Gasteiger partial charge on any atom is 0.245 e. The van der Waals surface area contributed by atoms with Crippen LogP contribution in [-0.4, -0.2) is 108 Å². The van der Waals surface area contributed by atoms with Gasteiger partial charge in [0.25, 0.3) is 0 Å². The lowest BCUT2D eigenvalue weighted by Crippen LogP contribution is -2.62. The van der Waals surface area contributed by atoms with Gasteiger partial charge in [-0.3, -0.25) is 38.6 Å². The summed E-state index contributed by atoms with van der Waals surface area (Å²) in [7, 11) is 0. The predicted octanol–water partition coefficient (Wildman–Crippen LogP) is -0.966. The molecule has 0 aromatic rings. The minimum atomic E-state index is -1.52. The lowest BCUT2D eigenvalue weighted by molar-refractivity contribution is -0.138. The molecule has 7 amide bonds. The highest BCUT2D eigenvalue weighted by molar-refractivity contribution is 5.97. The van der Waals surface area contributed by atoms with E-state index < -0.39 is 89.6 Å². The van der Waals surface area contributed by atoms with E-state index in [0.29, 0.717) is 32.2 Å². The summed E-state index contributed by atoms with van der Waals surface area (Å²) in [6, 6.07) is -6.72. The minimum Gasteiger partial charge on any atom is -0.391 e. The molecular formula is C36H68N10O8. The summed E-state index contributed by atoms with van der Waals surface area (Å²) in [5.74, 6) is -5.43. The molecule has 9 atom stereocenters. The molecule has 0 aliphatic rings. The van der Waals surface area contributed by atoms with E-state index in [1.807, 2.05) is 13.8 Å². The van der Waals surface area contributed by atoms with Crippen molar-refractivity contribution in [3.63, 3.8) is 0 Å². The van der Waals surface area contributed by atoms with Crippen molar-refractivity contribution in [2.24, 2.45) is 34.2 Å². The highest BCUT2D eigenvalue weighted by Gasteiger charge is 2.37. The zero-order chi connectivity index (χ0) is 41.7. The fourth-order valence-corrected chi connectivity index (χ4v) is 5.45. The first kappa shape index (κ1) is 49.5. The zero-order valence-corrected chi connectivity index (χ0v) is 33.8. The topological polar surface area (TPSA) is 288 Å². The Labute approximate surface area is 320 Å². The summed E-state index contributed by atoms with van der Waals surface area (Å²) < 4.78 is 0. The first-order chi connectivity index (χ1) is 25.2. The van der Waals surface area contributed by atoms with E-state index in [0.717, 1.165) is 0 Å². The molecule has 0 unspecified atom stereocenters. The number of nitrogens with two attached hydrogens (primary N) is 2. The number of guanidine groups is 1. The van der Waals surface area contributed by atoms with Gasteiger partial charge in [0, 0.05) is 20.0 Å². The molecule has 310 valence electrons. The summed E-state index contributed by atoms with van der Waals surface area (Å²) >= 11 is 0. The number of nitrogens with zero attached hydrogens (tertiary/aromatic N) is 1. The number of likely N-dealkylation sites (N-methyl/N-ethyl adjacent to an activating group) is 1. The van der Waals surface area contributed by atoms with Crippen molar-refractivity contribution in [2.75, 3.05) is 13.1 Å². The van der Waals surface area contributed by atoms with Crippen LogP contribution in [0.15, 0.2) is 4.99 Å². The molecule has 54 heavy (non-hydrogen) atoms. The number of amides is 7. The third-order valence-corrected chi connectivity index (χ3v) is 9.10. The van der Waals surface area contributed by atoms with Crippen LogP contribution in [0.1, 0.15) is 108 Å². The fourth-order valence-electron chi connectivity index (χ4n) is 5.45. The number of rotatable bonds is 25. The lowest BCUT2D eigenvalue weighted by atomic mass is 9.95. The summed E-state index contributed by atoms with van der Waals surface area (Å²) in [6.07, 6.45) is 0.788. The molecule has 18 heteroatoms. The molecule has 0 saturated carbocycles. The van der Waals surface area contributed by atoms with Crippen molar-refractivity contribution >= 4 is 47.3 Å². The lowest BCUT2D eigenvalue weighted by Gasteiger charge is -2.31. The molecular weight excluding hydrogens is 700 g/mol. The standard InChI is InChI=1S/C36H68N10O8/c1-11-16-24(31(50)44-27(20(7)12-2)33(52)43-25(30(49)39-14-4)17-15-18-40-36(37)38)42-35(54)29(22(9)47)46-34(53)28(21(8)13-3)45-32(51)26(19(5)6)41-23(10)48/h19-22,24-29,47H,11-18H2,1-10H3,(H,39,49)(H,41,48)(H,42,54)(H,43,52)(H,44,50)(H,45,51)(H,46,53)(H4,37,38,40)/t20-,21-,22+,24-,25-,26-,27-,28+,29-/m0/s1. The van der Waals surface area contributed by atoms with E-state index in [4.69, 9.17) is 11.5 Å². The maximum absolute atomic E-state index is 13.7. The van der Waals surface area contributed by atoms with E-state index >= 15 is 0 Å². The van der Waals surface area contributed by atoms with Crippen molar-refractivity contribution in [1.82, 2.24) is 37.2 Å². The van der Waals surface area contributed by atoms with Gasteiger partial charge in [0.15, 0.2) is 5.96 Å². The Kier molecular flexibility index (Phi) is 23.4. The van der Waals surface area contributed by atoms with Crippen LogP contribution in [0, 0.1) is 17.8 Å². The molecule has 0 heterocycles. The average Bonchev–Trinajstić information content (AvgIpc) is 3.10. The molecule has 18 nitrogen and oxygen atoms in total. The van der Waals surface area contributed by atoms with Crippen LogP contribution in [0.5, 0.6) is 0 Å². The van der Waals surface area contributed by atoms with Crippen molar-refractivity contribution in [3.05, 3.63) is 0 Å². The van der Waals surface area contributed by atoms with Gasteiger partial charge in [-0.15, -0.1) is 0 Å². The number of carbonyl (C=O) groups excluding carboxylic acids is 7. The molecule has 0 aliphatic heterocycles. The van der Waals surface area contributed by atoms with Crippen molar-refractivity contribution < 1.29 is 38.7 Å². The summed E-state index contributed by atoms with van der Waals surface area (Å²) in [5, 5.41) is 29.2. The molecule has 0 aliphatic carbocycles. The van der Waals surface area contributed by atoms with Crippen LogP contribution in [0.2, 0.25) is 0 Å². The highest BCUT2D eigenvalue weighted by Crippen LogP contribution is 2.13. The third-order valence-electron chi connectivity index (χ3n) is 9.10. The molecule has 0 bridgehead atoms. The van der Waals surface area contributed by atoms with E-state index in [-0.39, 0.29) is 37.2 Å². The average molecular weight is 769 g/mol. The van der Waals surface area contributed by atoms with Gasteiger partial charge >= 0.3 is 0 Å². The van der Waals surface area contributed by atoms with Crippen molar-refractivity contribution in [2.45, 2.75) is 150 Å². The van der Waals surface area contributed by atoms with Gasteiger partial charge in [0.05, 0.1) is 6.10 Å². The summed E-state index contributed by atoms with van der Waals surface area (Å²) in [6.45, 7) is 17.4. The number of aliphatic hydroxyl groups excluding tert-OH is 1. The predicted molar refractivity (Wildman–Crippen MR) is 206 cm³/mol. The summed E-state index contributed by atoms with van der Waals surface area (Å²) in [5.41, 5.74) is 10.8. The Morgan fingerprint density at radius 1 is 0.593 bits per heavy atom. The van der Waals surface area contributed by atoms with Gasteiger partial charge in [0.1, 0.15) is 36.3 Å². The highest BCUT2D eigenvalue weighted by atomic mass is 16.3. The van der Waals surface area contributed by atoms with Crippen LogP contribution < -0.4 is 48.7 Å². The zero-order valence-electron chi connectivity index (χ0n) is 33.8. The van der Waals surface area contributed by atoms with Crippen LogP contribution in [0.3, 0.4) is 0 Å². The Balaban J connectivity index is 6.15. The van der Waals surface area contributed by atoms with Gasteiger partial charge in [-0.25, -0.2) is 0 Å². The molecule has 0 aromatic carbocycles. The monoisotopic (exact) mass is 769 g/mol. The second-order valence-electron chi connectivity index (χ2n) is 14.1. The number of aliphatic hydroxyl groups is 1. The molecule has 0 radical (unpaired) electrons. The van der Waals surface area contributed by atoms with E-state index in [1.54, 1.807) is 41.5 Å². The molecule has 0 rings (SSSR count). The van der Waals surface area contributed by atoms with Crippen molar-refractivity contribution in [3.8, 4) is 0 Å². The van der Waals surface area contributed by atoms with Gasteiger partial charge in [-0.05, 0) is 50.9 Å². The second-order valence-corrected chi connectivity index (χ2v) is 14.1. The maximum atomic E-state index is 13.7.